The minimum Gasteiger partial charge on any atom is -0.496 e. The number of sulfonamides is 1. The number of nitrogens with one attached hydrogen (secondary N) is 1. The van der Waals surface area contributed by atoms with Crippen LogP contribution in [0.3, 0.4) is 0 Å². The molecule has 0 saturated heterocycles. The molecule has 4 rings (SSSR count). The van der Waals surface area contributed by atoms with Crippen molar-refractivity contribution >= 4 is 26.8 Å². The van der Waals surface area contributed by atoms with E-state index in [1.54, 1.807) is 18.2 Å². The molecule has 3 aromatic carbocycles. The number of hydrogen-bond acceptors (Lipinski definition) is 7. The van der Waals surface area contributed by atoms with Crippen LogP contribution in [-0.4, -0.2) is 84.2 Å². The van der Waals surface area contributed by atoms with Crippen molar-refractivity contribution in [3.05, 3.63) is 66.4 Å². The van der Waals surface area contributed by atoms with E-state index in [2.05, 4.69) is 9.82 Å². The largest absolute Gasteiger partial charge is 0.496 e. The molecule has 0 spiro atoms. The molecule has 0 fully saturated rings. The average Bonchev–Trinajstić information content (AvgIpc) is 3.34. The second kappa shape index (κ2) is 11.7. The first-order valence-corrected chi connectivity index (χ1v) is 14.2. The van der Waals surface area contributed by atoms with Crippen LogP contribution in [0.15, 0.2) is 65.6 Å². The van der Waals surface area contributed by atoms with Gasteiger partial charge in [0.05, 0.1) is 60.3 Å². The number of rotatable bonds is 11. The van der Waals surface area contributed by atoms with Gasteiger partial charge in [0.1, 0.15) is 22.1 Å². The number of nitrogens with zero attached hydrogens (tertiary/aromatic N) is 3. The molecule has 11 heteroatoms. The lowest BCUT2D eigenvalue weighted by atomic mass is 10.1. The number of methoxy groups -OCH3 is 3. The number of hydrogen-bond donors (Lipinski definition) is 1. The smallest absolute Gasteiger partial charge is 0.360 e. The molecule has 1 aromatic heterocycles. The molecular formula is C29H35N4O6S+. The summed E-state index contributed by atoms with van der Waals surface area (Å²) >= 11 is 0. The van der Waals surface area contributed by atoms with Gasteiger partial charge >= 0.3 is 5.97 Å². The SMILES string of the molecule is COC(=O)c1nn(-c2cccc3ccccc23)c(-c2c(OC)cccc2OC)c1S(=O)(=O)NCCC[N+](C)(C)C. The van der Waals surface area contributed by atoms with Crippen LogP contribution in [0.25, 0.3) is 27.7 Å². The Morgan fingerprint density at radius 3 is 2.17 bits per heavy atom. The Morgan fingerprint density at radius 2 is 1.55 bits per heavy atom. The van der Waals surface area contributed by atoms with Gasteiger partial charge in [0.2, 0.25) is 10.0 Å². The molecule has 0 radical (unpaired) electrons. The molecule has 40 heavy (non-hydrogen) atoms. The zero-order chi connectivity index (χ0) is 29.1. The van der Waals surface area contributed by atoms with Gasteiger partial charge in [-0.2, -0.15) is 5.10 Å². The first-order valence-electron chi connectivity index (χ1n) is 12.7. The number of quaternary nitrogens is 1. The van der Waals surface area contributed by atoms with Gasteiger partial charge in [-0.1, -0.05) is 42.5 Å². The molecule has 0 aliphatic carbocycles. The molecule has 212 valence electrons. The van der Waals surface area contributed by atoms with Crippen molar-refractivity contribution in [1.82, 2.24) is 14.5 Å². The number of benzene rings is 3. The summed E-state index contributed by atoms with van der Waals surface area (Å²) in [6.07, 6.45) is 0.584. The lowest BCUT2D eigenvalue weighted by Crippen LogP contribution is -2.37. The molecular weight excluding hydrogens is 532 g/mol. The highest BCUT2D eigenvalue weighted by atomic mass is 32.2. The summed E-state index contributed by atoms with van der Waals surface area (Å²) in [7, 11) is 5.96. The van der Waals surface area contributed by atoms with E-state index in [9.17, 15) is 13.2 Å². The van der Waals surface area contributed by atoms with Crippen LogP contribution >= 0.6 is 0 Å². The van der Waals surface area contributed by atoms with Gasteiger partial charge in [-0.15, -0.1) is 0 Å². The third kappa shape index (κ3) is 5.81. The van der Waals surface area contributed by atoms with Crippen LogP contribution in [0.5, 0.6) is 11.5 Å². The predicted octanol–water partition coefficient (Wildman–Crippen LogP) is 3.87. The number of fused-ring (bicyclic) bond motifs is 1. The van der Waals surface area contributed by atoms with E-state index in [0.29, 0.717) is 33.7 Å². The predicted molar refractivity (Wildman–Crippen MR) is 154 cm³/mol. The molecule has 0 saturated carbocycles. The van der Waals surface area contributed by atoms with Crippen molar-refractivity contribution in [1.29, 1.82) is 0 Å². The fourth-order valence-corrected chi connectivity index (χ4v) is 5.97. The maximum absolute atomic E-state index is 14.0. The Labute approximate surface area is 234 Å². The number of carbonyl (C=O) groups is 1. The third-order valence-electron chi connectivity index (χ3n) is 6.45. The maximum atomic E-state index is 14.0. The van der Waals surface area contributed by atoms with E-state index in [1.807, 2.05) is 63.6 Å². The van der Waals surface area contributed by atoms with Gasteiger partial charge in [0.15, 0.2) is 5.69 Å². The summed E-state index contributed by atoms with van der Waals surface area (Å²) in [6.45, 7) is 0.912. The average molecular weight is 568 g/mol. The lowest BCUT2D eigenvalue weighted by molar-refractivity contribution is -0.870. The van der Waals surface area contributed by atoms with Gasteiger partial charge in [0, 0.05) is 18.4 Å². The Balaban J connectivity index is 2.07. The Hall–Kier alpha value is -3.93. The molecule has 0 bridgehead atoms. The fraction of sp³-hybridized carbons (Fsp3) is 0.310. The van der Waals surface area contributed by atoms with E-state index in [-0.39, 0.29) is 22.8 Å². The van der Waals surface area contributed by atoms with Crippen molar-refractivity contribution in [3.8, 4) is 28.4 Å². The van der Waals surface area contributed by atoms with Gasteiger partial charge in [0.25, 0.3) is 0 Å². The molecule has 0 amide bonds. The molecule has 1 heterocycles. The zero-order valence-electron chi connectivity index (χ0n) is 23.6. The second-order valence-corrected chi connectivity index (χ2v) is 11.9. The summed E-state index contributed by atoms with van der Waals surface area (Å²) < 4.78 is 49.2. The van der Waals surface area contributed by atoms with Crippen LogP contribution in [-0.2, 0) is 14.8 Å². The summed E-state index contributed by atoms with van der Waals surface area (Å²) in [4.78, 5) is 12.8. The molecule has 0 aliphatic rings. The Bertz CT molecular complexity index is 1610. The topological polar surface area (TPSA) is 109 Å². The number of esters is 1. The van der Waals surface area contributed by atoms with E-state index in [1.165, 1.54) is 26.0 Å². The van der Waals surface area contributed by atoms with E-state index in [4.69, 9.17) is 14.2 Å². The highest BCUT2D eigenvalue weighted by molar-refractivity contribution is 7.89. The summed E-state index contributed by atoms with van der Waals surface area (Å²) in [6, 6.07) is 18.4. The van der Waals surface area contributed by atoms with Crippen LogP contribution in [0, 0.1) is 0 Å². The lowest BCUT2D eigenvalue weighted by Gasteiger charge is -2.23. The summed E-state index contributed by atoms with van der Waals surface area (Å²) in [5.41, 5.74) is 0.662. The van der Waals surface area contributed by atoms with E-state index in [0.717, 1.165) is 17.3 Å². The van der Waals surface area contributed by atoms with E-state index >= 15 is 0 Å². The van der Waals surface area contributed by atoms with Crippen molar-refractivity contribution in [2.75, 3.05) is 55.6 Å². The standard InChI is InChI=1S/C29H35N4O6S/c1-33(2,3)19-11-18-30-40(35,36)28-26(29(34)39-6)31-32(22-15-9-13-20-12-7-8-14-21(20)22)27(28)25-23(37-4)16-10-17-24(25)38-5/h7-10,12-17,30H,11,18-19H2,1-6H3/q+1. The normalized spacial score (nSPS) is 11.9. The summed E-state index contributed by atoms with van der Waals surface area (Å²) in [5.74, 6) is -0.196. The molecule has 0 aliphatic heterocycles. The van der Waals surface area contributed by atoms with Gasteiger partial charge in [-0.25, -0.2) is 22.6 Å². The highest BCUT2D eigenvalue weighted by Gasteiger charge is 2.36. The van der Waals surface area contributed by atoms with Crippen molar-refractivity contribution in [2.24, 2.45) is 0 Å². The fourth-order valence-electron chi connectivity index (χ4n) is 4.59. The Morgan fingerprint density at radius 1 is 0.925 bits per heavy atom. The minimum absolute atomic E-state index is 0.116. The molecule has 1 N–H and O–H groups in total. The van der Waals surface area contributed by atoms with Gasteiger partial charge < -0.3 is 18.7 Å². The minimum atomic E-state index is -4.29. The Kier molecular flexibility index (Phi) is 8.48. The first-order chi connectivity index (χ1) is 19.0. The monoisotopic (exact) mass is 567 g/mol. The van der Waals surface area contributed by atoms with Gasteiger partial charge in [-0.05, 0) is 23.6 Å². The van der Waals surface area contributed by atoms with Crippen LogP contribution in [0.4, 0.5) is 0 Å². The van der Waals surface area contributed by atoms with Crippen LogP contribution in [0.2, 0.25) is 0 Å². The van der Waals surface area contributed by atoms with Gasteiger partial charge in [-0.3, -0.25) is 0 Å². The molecule has 0 atom stereocenters. The van der Waals surface area contributed by atoms with Crippen LogP contribution < -0.4 is 14.2 Å². The van der Waals surface area contributed by atoms with Crippen molar-refractivity contribution in [3.63, 3.8) is 0 Å². The quantitative estimate of drug-likeness (QED) is 0.167. The molecule has 4 aromatic rings. The maximum Gasteiger partial charge on any atom is 0.360 e. The van der Waals surface area contributed by atoms with E-state index < -0.39 is 16.0 Å². The second-order valence-electron chi connectivity index (χ2n) is 10.2. The highest BCUT2D eigenvalue weighted by Crippen LogP contribution is 2.44. The number of ether oxygens (including phenoxy) is 3. The first kappa shape index (κ1) is 29.1. The third-order valence-corrected chi connectivity index (χ3v) is 7.95. The summed E-state index contributed by atoms with van der Waals surface area (Å²) in [5, 5.41) is 6.29. The van der Waals surface area contributed by atoms with Crippen LogP contribution in [0.1, 0.15) is 16.9 Å². The molecule has 10 nitrogen and oxygen atoms in total. The number of aromatic nitrogens is 2. The zero-order valence-corrected chi connectivity index (χ0v) is 24.4. The molecule has 0 unspecified atom stereocenters. The number of carbonyl (C=O) groups excluding carboxylic acids is 1. The van der Waals surface area contributed by atoms with Crippen molar-refractivity contribution in [2.45, 2.75) is 11.3 Å². The van der Waals surface area contributed by atoms with Crippen molar-refractivity contribution < 1.29 is 31.9 Å².